The lowest BCUT2D eigenvalue weighted by molar-refractivity contribution is -0.274. The summed E-state index contributed by atoms with van der Waals surface area (Å²) < 4.78 is 40.3. The number of halogens is 3. The highest BCUT2D eigenvalue weighted by Gasteiger charge is 2.31. The van der Waals surface area contributed by atoms with Gasteiger partial charge in [-0.05, 0) is 30.5 Å². The fourth-order valence-corrected chi connectivity index (χ4v) is 3.22. The Morgan fingerprint density at radius 1 is 1.18 bits per heavy atom. The third-order valence-corrected chi connectivity index (χ3v) is 4.55. The average molecular weight is 397 g/mol. The largest absolute Gasteiger partial charge is 0.573 e. The topological polar surface area (TPSA) is 95.3 Å². The number of ether oxygens (including phenoxy) is 1. The lowest BCUT2D eigenvalue weighted by atomic mass is 10.1. The van der Waals surface area contributed by atoms with Crippen molar-refractivity contribution in [2.45, 2.75) is 31.5 Å². The molecule has 7 nitrogen and oxygen atoms in total. The van der Waals surface area contributed by atoms with Gasteiger partial charge in [-0.2, -0.15) is 0 Å². The molecule has 10 heteroatoms. The molecule has 0 bridgehead atoms. The van der Waals surface area contributed by atoms with Crippen LogP contribution in [0.5, 0.6) is 5.75 Å². The lowest BCUT2D eigenvalue weighted by Crippen LogP contribution is -2.29. The zero-order chi connectivity index (χ0) is 20.3. The predicted octanol–water partition coefficient (Wildman–Crippen LogP) is 1.91. The summed E-state index contributed by atoms with van der Waals surface area (Å²) >= 11 is 0. The van der Waals surface area contributed by atoms with Crippen molar-refractivity contribution in [3.8, 4) is 5.75 Å². The van der Waals surface area contributed by atoms with Gasteiger partial charge in [-0.3, -0.25) is 14.6 Å². The molecule has 0 radical (unpaired) electrons. The van der Waals surface area contributed by atoms with Crippen LogP contribution in [-0.2, 0) is 11.2 Å². The number of H-pyrrole nitrogens is 2. The second-order valence-electron chi connectivity index (χ2n) is 6.56. The monoisotopic (exact) mass is 397 g/mol. The maximum atomic E-state index is 12.4. The number of carbonyl (C=O) groups is 1. The molecule has 1 aromatic heterocycles. The van der Waals surface area contributed by atoms with Crippen molar-refractivity contribution in [3.63, 3.8) is 0 Å². The van der Waals surface area contributed by atoms with Gasteiger partial charge >= 0.3 is 12.1 Å². The summed E-state index contributed by atoms with van der Waals surface area (Å²) in [6, 6.07) is 6.72. The van der Waals surface area contributed by atoms with Gasteiger partial charge in [0.15, 0.2) is 0 Å². The smallest absolute Gasteiger partial charge is 0.406 e. The molecule has 1 aliphatic heterocycles. The SMILES string of the molecule is O=C(CCc1ccc(OC(F)(F)F)cc1)N1CCC(c2cc(=O)[nH]c(=O)[nH]2)C1. The summed E-state index contributed by atoms with van der Waals surface area (Å²) in [7, 11) is 0. The molecule has 1 aliphatic rings. The second kappa shape index (κ2) is 7.91. The first-order chi connectivity index (χ1) is 13.2. The number of aryl methyl sites for hydroxylation is 1. The van der Waals surface area contributed by atoms with E-state index in [2.05, 4.69) is 14.7 Å². The van der Waals surface area contributed by atoms with Crippen LogP contribution in [0.3, 0.4) is 0 Å². The van der Waals surface area contributed by atoms with Crippen LogP contribution in [0.4, 0.5) is 13.2 Å². The number of hydrogen-bond donors (Lipinski definition) is 2. The van der Waals surface area contributed by atoms with E-state index in [-0.39, 0.29) is 24.0 Å². The third-order valence-electron chi connectivity index (χ3n) is 4.55. The summed E-state index contributed by atoms with van der Waals surface area (Å²) in [6.07, 6.45) is -3.52. The Labute approximate surface area is 157 Å². The van der Waals surface area contributed by atoms with E-state index in [4.69, 9.17) is 0 Å². The Morgan fingerprint density at radius 3 is 2.54 bits per heavy atom. The van der Waals surface area contributed by atoms with Crippen molar-refractivity contribution in [1.29, 1.82) is 0 Å². The van der Waals surface area contributed by atoms with Crippen LogP contribution < -0.4 is 16.0 Å². The van der Waals surface area contributed by atoms with E-state index < -0.39 is 17.6 Å². The predicted molar refractivity (Wildman–Crippen MR) is 93.1 cm³/mol. The maximum Gasteiger partial charge on any atom is 0.573 e. The third kappa shape index (κ3) is 5.24. The molecule has 0 saturated carbocycles. The van der Waals surface area contributed by atoms with E-state index in [1.165, 1.54) is 30.3 Å². The number of rotatable bonds is 5. The Kier molecular flexibility index (Phi) is 5.57. The van der Waals surface area contributed by atoms with Gasteiger partial charge in [0.2, 0.25) is 5.91 Å². The van der Waals surface area contributed by atoms with Crippen molar-refractivity contribution in [1.82, 2.24) is 14.9 Å². The van der Waals surface area contributed by atoms with E-state index in [0.717, 1.165) is 5.56 Å². The zero-order valence-electron chi connectivity index (χ0n) is 14.7. The number of carbonyl (C=O) groups excluding carboxylic acids is 1. The van der Waals surface area contributed by atoms with Crippen molar-refractivity contribution in [2.75, 3.05) is 13.1 Å². The summed E-state index contributed by atoms with van der Waals surface area (Å²) in [6.45, 7) is 0.910. The number of alkyl halides is 3. The van der Waals surface area contributed by atoms with E-state index in [9.17, 15) is 27.6 Å². The Bertz CT molecular complexity index is 922. The van der Waals surface area contributed by atoms with E-state index in [1.54, 1.807) is 4.90 Å². The van der Waals surface area contributed by atoms with Crippen LogP contribution >= 0.6 is 0 Å². The molecular formula is C18H18F3N3O4. The van der Waals surface area contributed by atoms with Crippen molar-refractivity contribution in [3.05, 3.63) is 62.4 Å². The Balaban J connectivity index is 1.53. The van der Waals surface area contributed by atoms with Gasteiger partial charge in [-0.25, -0.2) is 4.79 Å². The van der Waals surface area contributed by atoms with Gasteiger partial charge < -0.3 is 14.6 Å². The van der Waals surface area contributed by atoms with Crippen LogP contribution in [0.25, 0.3) is 0 Å². The molecule has 3 rings (SSSR count). The molecule has 1 fully saturated rings. The number of aromatic amines is 2. The molecule has 150 valence electrons. The Hall–Kier alpha value is -3.04. The number of hydrogen-bond acceptors (Lipinski definition) is 4. The van der Waals surface area contributed by atoms with Crippen LogP contribution in [0.15, 0.2) is 39.9 Å². The van der Waals surface area contributed by atoms with Crippen molar-refractivity contribution >= 4 is 5.91 Å². The quantitative estimate of drug-likeness (QED) is 0.806. The number of nitrogens with one attached hydrogen (secondary N) is 2. The van der Waals surface area contributed by atoms with Crippen molar-refractivity contribution in [2.24, 2.45) is 0 Å². The molecule has 2 N–H and O–H groups in total. The first kappa shape index (κ1) is 19.7. The normalized spacial score (nSPS) is 17.0. The zero-order valence-corrected chi connectivity index (χ0v) is 14.7. The molecule has 2 heterocycles. The molecular weight excluding hydrogens is 379 g/mol. The van der Waals surface area contributed by atoms with Gasteiger partial charge in [0.1, 0.15) is 5.75 Å². The summed E-state index contributed by atoms with van der Waals surface area (Å²) in [4.78, 5) is 41.5. The van der Waals surface area contributed by atoms with Crippen LogP contribution in [0, 0.1) is 0 Å². The molecule has 1 aromatic carbocycles. The number of likely N-dealkylation sites (tertiary alicyclic amines) is 1. The minimum absolute atomic E-state index is 0.0923. The highest BCUT2D eigenvalue weighted by atomic mass is 19.4. The fourth-order valence-electron chi connectivity index (χ4n) is 3.22. The average Bonchev–Trinajstić information content (AvgIpc) is 3.09. The number of amides is 1. The number of aromatic nitrogens is 2. The Morgan fingerprint density at radius 2 is 1.89 bits per heavy atom. The molecule has 1 unspecified atom stereocenters. The number of benzene rings is 1. The first-order valence-electron chi connectivity index (χ1n) is 8.65. The molecule has 1 amide bonds. The standard InChI is InChI=1S/C18H18F3N3O4/c19-18(20,21)28-13-4-1-11(2-5-13)3-6-16(26)24-8-7-12(10-24)14-9-15(25)23-17(27)22-14/h1-2,4-5,9,12H,3,6-8,10H2,(H2,22,23,25,27). The summed E-state index contributed by atoms with van der Waals surface area (Å²) in [5.74, 6) is -0.514. The van der Waals surface area contributed by atoms with Gasteiger partial charge in [0.05, 0.1) is 0 Å². The summed E-state index contributed by atoms with van der Waals surface area (Å²) in [5.41, 5.74) is 0.161. The van der Waals surface area contributed by atoms with Crippen LogP contribution in [-0.4, -0.2) is 40.2 Å². The summed E-state index contributed by atoms with van der Waals surface area (Å²) in [5, 5.41) is 0. The molecule has 0 spiro atoms. The van der Waals surface area contributed by atoms with Crippen molar-refractivity contribution < 1.29 is 22.7 Å². The number of nitrogens with zero attached hydrogens (tertiary/aromatic N) is 1. The highest BCUT2D eigenvalue weighted by Crippen LogP contribution is 2.26. The molecule has 1 atom stereocenters. The minimum Gasteiger partial charge on any atom is -0.406 e. The molecule has 0 aliphatic carbocycles. The highest BCUT2D eigenvalue weighted by molar-refractivity contribution is 5.76. The molecule has 2 aromatic rings. The van der Waals surface area contributed by atoms with E-state index in [1.807, 2.05) is 0 Å². The van der Waals surface area contributed by atoms with Gasteiger partial charge in [0.25, 0.3) is 5.56 Å². The van der Waals surface area contributed by atoms with E-state index >= 15 is 0 Å². The minimum atomic E-state index is -4.74. The first-order valence-corrected chi connectivity index (χ1v) is 8.65. The molecule has 28 heavy (non-hydrogen) atoms. The van der Waals surface area contributed by atoms with Gasteiger partial charge in [0, 0.05) is 37.2 Å². The van der Waals surface area contributed by atoms with Crippen LogP contribution in [0.1, 0.15) is 30.0 Å². The van der Waals surface area contributed by atoms with Gasteiger partial charge in [-0.15, -0.1) is 13.2 Å². The van der Waals surface area contributed by atoms with Crippen LogP contribution in [0.2, 0.25) is 0 Å². The maximum absolute atomic E-state index is 12.4. The second-order valence-corrected chi connectivity index (χ2v) is 6.56. The van der Waals surface area contributed by atoms with Gasteiger partial charge in [-0.1, -0.05) is 12.1 Å². The van der Waals surface area contributed by atoms with E-state index in [0.29, 0.717) is 31.6 Å². The lowest BCUT2D eigenvalue weighted by Gasteiger charge is -2.16. The molecule has 1 saturated heterocycles. The fraction of sp³-hybridized carbons (Fsp3) is 0.389.